The number of carbonyl (C=O) groups excluding carboxylic acids is 1. The number of hydrogen-bond acceptors (Lipinski definition) is 1. The summed E-state index contributed by atoms with van der Waals surface area (Å²) in [7, 11) is 0. The second kappa shape index (κ2) is 6.20. The van der Waals surface area contributed by atoms with Crippen molar-refractivity contribution in [3.63, 3.8) is 0 Å². The second-order valence-electron chi connectivity index (χ2n) is 5.06. The molecule has 3 rings (SSSR count). The van der Waals surface area contributed by atoms with Crippen LogP contribution in [0.4, 0.5) is 5.69 Å². The first-order valence-electron chi connectivity index (χ1n) is 6.94. The third kappa shape index (κ3) is 3.12. The normalized spacial score (nSPS) is 10.5. The third-order valence-electron chi connectivity index (χ3n) is 3.45. The molecule has 0 aliphatic heterocycles. The van der Waals surface area contributed by atoms with Gasteiger partial charge < -0.3 is 9.88 Å². The van der Waals surface area contributed by atoms with Crippen LogP contribution >= 0.6 is 15.9 Å². The van der Waals surface area contributed by atoms with Gasteiger partial charge in [-0.2, -0.15) is 0 Å². The topological polar surface area (TPSA) is 34.0 Å². The maximum atomic E-state index is 12.3. The van der Waals surface area contributed by atoms with Crippen molar-refractivity contribution in [1.29, 1.82) is 0 Å². The zero-order chi connectivity index (χ0) is 15.5. The number of benzene rings is 2. The number of nitrogens with one attached hydrogen (secondary N) is 1. The Balaban J connectivity index is 1.76. The third-order valence-corrected chi connectivity index (χ3v) is 4.34. The van der Waals surface area contributed by atoms with Gasteiger partial charge in [0.1, 0.15) is 0 Å². The molecule has 3 nitrogen and oxygen atoms in total. The largest absolute Gasteiger partial charge is 0.324 e. The monoisotopic (exact) mass is 354 g/mol. The SMILES string of the molecule is Cc1cc(NC(=O)c2ccc(-n3cccc3)cc2)ccc1Br. The molecule has 110 valence electrons. The van der Waals surface area contributed by atoms with Gasteiger partial charge in [0, 0.05) is 33.8 Å². The average Bonchev–Trinajstić information content (AvgIpc) is 3.05. The van der Waals surface area contributed by atoms with E-state index in [0.717, 1.165) is 21.4 Å². The van der Waals surface area contributed by atoms with Gasteiger partial charge in [0.25, 0.3) is 5.91 Å². The van der Waals surface area contributed by atoms with Crippen molar-refractivity contribution in [3.8, 4) is 5.69 Å². The van der Waals surface area contributed by atoms with Gasteiger partial charge in [-0.15, -0.1) is 0 Å². The summed E-state index contributed by atoms with van der Waals surface area (Å²) in [5, 5.41) is 2.91. The molecular weight excluding hydrogens is 340 g/mol. The maximum absolute atomic E-state index is 12.3. The highest BCUT2D eigenvalue weighted by Gasteiger charge is 2.07. The summed E-state index contributed by atoms with van der Waals surface area (Å²) in [6.07, 6.45) is 3.94. The Morgan fingerprint density at radius 1 is 1.05 bits per heavy atom. The van der Waals surface area contributed by atoms with Gasteiger partial charge in [0.2, 0.25) is 0 Å². The number of anilines is 1. The highest BCUT2D eigenvalue weighted by atomic mass is 79.9. The van der Waals surface area contributed by atoms with Crippen molar-refractivity contribution in [2.45, 2.75) is 6.92 Å². The number of carbonyl (C=O) groups is 1. The second-order valence-corrected chi connectivity index (χ2v) is 5.91. The molecule has 0 atom stereocenters. The molecule has 1 heterocycles. The Morgan fingerprint density at radius 3 is 2.36 bits per heavy atom. The highest BCUT2D eigenvalue weighted by molar-refractivity contribution is 9.10. The van der Waals surface area contributed by atoms with Crippen LogP contribution in [0.1, 0.15) is 15.9 Å². The van der Waals surface area contributed by atoms with Crippen LogP contribution in [0, 0.1) is 6.92 Å². The molecule has 1 amide bonds. The minimum atomic E-state index is -0.110. The molecule has 2 aromatic carbocycles. The van der Waals surface area contributed by atoms with Gasteiger partial charge in [0.05, 0.1) is 0 Å². The zero-order valence-electron chi connectivity index (χ0n) is 12.1. The molecule has 0 unspecified atom stereocenters. The van der Waals surface area contributed by atoms with E-state index in [1.54, 1.807) is 0 Å². The molecule has 0 saturated heterocycles. The Bertz CT molecular complexity index is 792. The van der Waals surface area contributed by atoms with E-state index in [4.69, 9.17) is 0 Å². The van der Waals surface area contributed by atoms with E-state index in [0.29, 0.717) is 5.56 Å². The number of rotatable bonds is 3. The zero-order valence-corrected chi connectivity index (χ0v) is 13.7. The standard InChI is InChI=1S/C18H15BrN2O/c1-13-12-15(6-9-17(13)19)20-18(22)14-4-7-16(8-5-14)21-10-2-3-11-21/h2-12H,1H3,(H,20,22). The summed E-state index contributed by atoms with van der Waals surface area (Å²) < 4.78 is 3.03. The number of nitrogens with zero attached hydrogens (tertiary/aromatic N) is 1. The molecule has 0 aliphatic rings. The summed E-state index contributed by atoms with van der Waals surface area (Å²) in [4.78, 5) is 12.3. The van der Waals surface area contributed by atoms with E-state index in [2.05, 4.69) is 21.2 Å². The Kier molecular flexibility index (Phi) is 4.11. The number of aryl methyl sites for hydroxylation is 1. The molecule has 4 heteroatoms. The first kappa shape index (κ1) is 14.6. The van der Waals surface area contributed by atoms with Gasteiger partial charge in [-0.3, -0.25) is 4.79 Å². The fourth-order valence-electron chi connectivity index (χ4n) is 2.22. The molecule has 0 bridgehead atoms. The van der Waals surface area contributed by atoms with Crippen molar-refractivity contribution in [3.05, 3.63) is 82.6 Å². The predicted molar refractivity (Wildman–Crippen MR) is 92.6 cm³/mol. The lowest BCUT2D eigenvalue weighted by Crippen LogP contribution is -2.12. The van der Waals surface area contributed by atoms with Crippen molar-refractivity contribution in [2.75, 3.05) is 5.32 Å². The molecule has 1 N–H and O–H groups in total. The Hall–Kier alpha value is -2.33. The van der Waals surface area contributed by atoms with Gasteiger partial charge in [0.15, 0.2) is 0 Å². The molecule has 0 radical (unpaired) electrons. The minimum absolute atomic E-state index is 0.110. The van der Waals surface area contributed by atoms with Crippen molar-refractivity contribution >= 4 is 27.5 Å². The molecule has 0 saturated carbocycles. The van der Waals surface area contributed by atoms with Gasteiger partial charge in [-0.1, -0.05) is 15.9 Å². The van der Waals surface area contributed by atoms with E-state index in [1.807, 2.05) is 78.5 Å². The van der Waals surface area contributed by atoms with Gasteiger partial charge >= 0.3 is 0 Å². The van der Waals surface area contributed by atoms with E-state index in [-0.39, 0.29) is 5.91 Å². The fourth-order valence-corrected chi connectivity index (χ4v) is 2.46. The first-order chi connectivity index (χ1) is 10.6. The lowest BCUT2D eigenvalue weighted by molar-refractivity contribution is 0.102. The molecule has 1 aromatic heterocycles. The average molecular weight is 355 g/mol. The lowest BCUT2D eigenvalue weighted by Gasteiger charge is -2.08. The summed E-state index contributed by atoms with van der Waals surface area (Å²) in [5.41, 5.74) is 3.54. The van der Waals surface area contributed by atoms with Crippen LogP contribution in [-0.2, 0) is 0 Å². The van der Waals surface area contributed by atoms with Crippen LogP contribution in [0.2, 0.25) is 0 Å². The van der Waals surface area contributed by atoms with Gasteiger partial charge in [-0.05, 0) is 67.1 Å². The van der Waals surface area contributed by atoms with Crippen LogP contribution in [-0.4, -0.2) is 10.5 Å². The number of amides is 1. The quantitative estimate of drug-likeness (QED) is 0.719. The number of hydrogen-bond donors (Lipinski definition) is 1. The van der Waals surface area contributed by atoms with Crippen molar-refractivity contribution in [1.82, 2.24) is 4.57 Å². The number of halogens is 1. The van der Waals surface area contributed by atoms with Crippen molar-refractivity contribution < 1.29 is 4.79 Å². The maximum Gasteiger partial charge on any atom is 0.255 e. The summed E-state index contributed by atoms with van der Waals surface area (Å²) in [6, 6.07) is 17.2. The van der Waals surface area contributed by atoms with E-state index >= 15 is 0 Å². The smallest absolute Gasteiger partial charge is 0.255 e. The molecule has 0 fully saturated rings. The Labute approximate surface area is 137 Å². The van der Waals surface area contributed by atoms with Gasteiger partial charge in [-0.25, -0.2) is 0 Å². The van der Waals surface area contributed by atoms with E-state index < -0.39 is 0 Å². The predicted octanol–water partition coefficient (Wildman–Crippen LogP) is 4.80. The molecular formula is C18H15BrN2O. The summed E-state index contributed by atoms with van der Waals surface area (Å²) in [6.45, 7) is 1.99. The molecule has 0 spiro atoms. The molecule has 22 heavy (non-hydrogen) atoms. The van der Waals surface area contributed by atoms with E-state index in [1.165, 1.54) is 0 Å². The minimum Gasteiger partial charge on any atom is -0.324 e. The Morgan fingerprint density at radius 2 is 1.73 bits per heavy atom. The fraction of sp³-hybridized carbons (Fsp3) is 0.0556. The van der Waals surface area contributed by atoms with Crippen LogP contribution in [0.25, 0.3) is 5.69 Å². The summed E-state index contributed by atoms with van der Waals surface area (Å²) >= 11 is 3.45. The van der Waals surface area contributed by atoms with Crippen molar-refractivity contribution in [2.24, 2.45) is 0 Å². The first-order valence-corrected chi connectivity index (χ1v) is 7.74. The van der Waals surface area contributed by atoms with Crippen LogP contribution in [0.3, 0.4) is 0 Å². The number of aromatic nitrogens is 1. The van der Waals surface area contributed by atoms with Crippen LogP contribution in [0.15, 0.2) is 71.5 Å². The summed E-state index contributed by atoms with van der Waals surface area (Å²) in [5.74, 6) is -0.110. The highest BCUT2D eigenvalue weighted by Crippen LogP contribution is 2.20. The van der Waals surface area contributed by atoms with Crippen LogP contribution < -0.4 is 5.32 Å². The van der Waals surface area contributed by atoms with E-state index in [9.17, 15) is 4.79 Å². The lowest BCUT2D eigenvalue weighted by atomic mass is 10.1. The van der Waals surface area contributed by atoms with Crippen LogP contribution in [0.5, 0.6) is 0 Å². The molecule has 3 aromatic rings. The molecule has 0 aliphatic carbocycles.